The summed E-state index contributed by atoms with van der Waals surface area (Å²) in [6, 6.07) is 2.01. The van der Waals surface area contributed by atoms with Gasteiger partial charge in [0.05, 0.1) is 11.8 Å². The SMILES string of the molecule is N#Cc1[nH]ncc1-c1nc(C2CCCC2)no1. The van der Waals surface area contributed by atoms with Gasteiger partial charge in [0.15, 0.2) is 5.82 Å². The lowest BCUT2D eigenvalue weighted by atomic mass is 10.1. The number of aromatic amines is 1. The van der Waals surface area contributed by atoms with Gasteiger partial charge >= 0.3 is 0 Å². The zero-order valence-corrected chi connectivity index (χ0v) is 9.18. The fraction of sp³-hybridized carbons (Fsp3) is 0.455. The van der Waals surface area contributed by atoms with Gasteiger partial charge < -0.3 is 4.52 Å². The third-order valence-electron chi connectivity index (χ3n) is 3.14. The van der Waals surface area contributed by atoms with E-state index in [9.17, 15) is 0 Å². The van der Waals surface area contributed by atoms with Crippen LogP contribution in [0.4, 0.5) is 0 Å². The molecular weight excluding hydrogens is 218 g/mol. The molecule has 1 N–H and O–H groups in total. The monoisotopic (exact) mass is 229 g/mol. The van der Waals surface area contributed by atoms with Gasteiger partial charge in [-0.2, -0.15) is 15.3 Å². The lowest BCUT2D eigenvalue weighted by molar-refractivity contribution is 0.415. The Bertz CT molecular complexity index is 558. The number of hydrogen-bond acceptors (Lipinski definition) is 5. The number of nitrogens with one attached hydrogen (secondary N) is 1. The van der Waals surface area contributed by atoms with Gasteiger partial charge in [0.2, 0.25) is 0 Å². The molecule has 0 atom stereocenters. The molecule has 3 rings (SSSR count). The zero-order chi connectivity index (χ0) is 11.7. The average Bonchev–Trinajstić information content (AvgIpc) is 3.09. The van der Waals surface area contributed by atoms with E-state index in [-0.39, 0.29) is 0 Å². The highest BCUT2D eigenvalue weighted by atomic mass is 16.5. The van der Waals surface area contributed by atoms with Crippen LogP contribution in [0.1, 0.15) is 43.1 Å². The summed E-state index contributed by atoms with van der Waals surface area (Å²) >= 11 is 0. The van der Waals surface area contributed by atoms with Crippen LogP contribution in [-0.4, -0.2) is 20.3 Å². The quantitative estimate of drug-likeness (QED) is 0.850. The van der Waals surface area contributed by atoms with Crippen molar-refractivity contribution in [3.05, 3.63) is 17.7 Å². The Labute approximate surface area is 97.6 Å². The van der Waals surface area contributed by atoms with Crippen LogP contribution in [0.5, 0.6) is 0 Å². The highest BCUT2D eigenvalue weighted by Crippen LogP contribution is 2.33. The summed E-state index contributed by atoms with van der Waals surface area (Å²) in [5.74, 6) is 1.53. The highest BCUT2D eigenvalue weighted by molar-refractivity contribution is 5.59. The second-order valence-electron chi connectivity index (χ2n) is 4.21. The summed E-state index contributed by atoms with van der Waals surface area (Å²) in [4.78, 5) is 4.35. The van der Waals surface area contributed by atoms with Gasteiger partial charge in [-0.3, -0.25) is 5.10 Å². The second-order valence-corrected chi connectivity index (χ2v) is 4.21. The molecule has 0 unspecified atom stereocenters. The number of hydrogen-bond donors (Lipinski definition) is 1. The van der Waals surface area contributed by atoms with Crippen molar-refractivity contribution >= 4 is 0 Å². The van der Waals surface area contributed by atoms with Crippen LogP contribution < -0.4 is 0 Å². The number of aromatic nitrogens is 4. The minimum atomic E-state index is 0.353. The first-order valence-corrected chi connectivity index (χ1v) is 5.66. The molecule has 0 spiro atoms. The van der Waals surface area contributed by atoms with Crippen molar-refractivity contribution in [2.45, 2.75) is 31.6 Å². The van der Waals surface area contributed by atoms with E-state index < -0.39 is 0 Å². The molecular formula is C11H11N5O. The van der Waals surface area contributed by atoms with Crippen LogP contribution in [0.25, 0.3) is 11.5 Å². The molecule has 0 amide bonds. The van der Waals surface area contributed by atoms with E-state index in [0.717, 1.165) is 18.7 Å². The van der Waals surface area contributed by atoms with Crippen LogP contribution in [0.15, 0.2) is 10.7 Å². The van der Waals surface area contributed by atoms with Crippen LogP contribution in [0.3, 0.4) is 0 Å². The minimum Gasteiger partial charge on any atom is -0.334 e. The lowest BCUT2D eigenvalue weighted by Gasteiger charge is -1.99. The molecule has 17 heavy (non-hydrogen) atoms. The minimum absolute atomic E-state index is 0.353. The molecule has 1 saturated carbocycles. The Morgan fingerprint density at radius 1 is 1.41 bits per heavy atom. The largest absolute Gasteiger partial charge is 0.334 e. The first-order chi connectivity index (χ1) is 8.38. The average molecular weight is 229 g/mol. The number of nitriles is 1. The van der Waals surface area contributed by atoms with Crippen molar-refractivity contribution in [1.82, 2.24) is 20.3 Å². The Hall–Kier alpha value is -2.16. The van der Waals surface area contributed by atoms with E-state index in [4.69, 9.17) is 9.78 Å². The van der Waals surface area contributed by atoms with Gasteiger partial charge in [-0.1, -0.05) is 18.0 Å². The normalized spacial score (nSPS) is 16.2. The van der Waals surface area contributed by atoms with Crippen molar-refractivity contribution in [2.24, 2.45) is 0 Å². The molecule has 1 aliphatic carbocycles. The Balaban J connectivity index is 1.92. The molecule has 2 aromatic heterocycles. The summed E-state index contributed by atoms with van der Waals surface area (Å²) in [6.45, 7) is 0. The summed E-state index contributed by atoms with van der Waals surface area (Å²) in [6.07, 6.45) is 6.23. The Kier molecular flexibility index (Phi) is 2.37. The van der Waals surface area contributed by atoms with Crippen molar-refractivity contribution in [3.8, 4) is 17.5 Å². The summed E-state index contributed by atoms with van der Waals surface area (Å²) in [7, 11) is 0. The number of rotatable bonds is 2. The number of H-pyrrole nitrogens is 1. The Morgan fingerprint density at radius 3 is 3.00 bits per heavy atom. The molecule has 86 valence electrons. The van der Waals surface area contributed by atoms with Gasteiger partial charge in [-0.15, -0.1) is 0 Å². The zero-order valence-electron chi connectivity index (χ0n) is 9.18. The molecule has 1 aliphatic rings. The number of nitrogens with zero attached hydrogens (tertiary/aromatic N) is 4. The molecule has 0 bridgehead atoms. The Morgan fingerprint density at radius 2 is 2.24 bits per heavy atom. The van der Waals surface area contributed by atoms with Crippen molar-refractivity contribution in [2.75, 3.05) is 0 Å². The summed E-state index contributed by atoms with van der Waals surface area (Å²) in [5.41, 5.74) is 0.927. The van der Waals surface area contributed by atoms with Crippen LogP contribution in [0, 0.1) is 11.3 Å². The van der Waals surface area contributed by atoms with E-state index in [1.165, 1.54) is 19.0 Å². The van der Waals surface area contributed by atoms with Gasteiger partial charge in [0.25, 0.3) is 5.89 Å². The van der Waals surface area contributed by atoms with Crippen LogP contribution >= 0.6 is 0 Å². The maximum Gasteiger partial charge on any atom is 0.262 e. The van der Waals surface area contributed by atoms with Crippen molar-refractivity contribution in [3.63, 3.8) is 0 Å². The van der Waals surface area contributed by atoms with Gasteiger partial charge in [0.1, 0.15) is 11.8 Å². The van der Waals surface area contributed by atoms with Crippen LogP contribution in [0.2, 0.25) is 0 Å². The van der Waals surface area contributed by atoms with E-state index in [1.807, 2.05) is 6.07 Å². The molecule has 0 radical (unpaired) electrons. The molecule has 2 aromatic rings. The molecule has 6 nitrogen and oxygen atoms in total. The molecule has 1 fully saturated rings. The van der Waals surface area contributed by atoms with E-state index in [0.29, 0.717) is 23.1 Å². The van der Waals surface area contributed by atoms with Crippen molar-refractivity contribution in [1.29, 1.82) is 5.26 Å². The predicted octanol–water partition coefficient (Wildman–Crippen LogP) is 1.99. The second kappa shape index (κ2) is 4.01. The maximum absolute atomic E-state index is 8.88. The maximum atomic E-state index is 8.88. The first-order valence-electron chi connectivity index (χ1n) is 5.66. The standard InChI is InChI=1S/C11H11N5O/c12-5-9-8(6-13-15-9)11-14-10(16-17-11)7-3-1-2-4-7/h6-7H,1-4H2,(H,13,15). The highest BCUT2D eigenvalue weighted by Gasteiger charge is 2.23. The van der Waals surface area contributed by atoms with Crippen molar-refractivity contribution < 1.29 is 4.52 Å². The predicted molar refractivity (Wildman–Crippen MR) is 57.8 cm³/mol. The van der Waals surface area contributed by atoms with Gasteiger partial charge in [0, 0.05) is 5.92 Å². The third kappa shape index (κ3) is 1.69. The topological polar surface area (TPSA) is 91.4 Å². The van der Waals surface area contributed by atoms with E-state index >= 15 is 0 Å². The lowest BCUT2D eigenvalue weighted by Crippen LogP contribution is -1.94. The summed E-state index contributed by atoms with van der Waals surface area (Å²) in [5, 5.41) is 19.3. The molecule has 6 heteroatoms. The smallest absolute Gasteiger partial charge is 0.262 e. The van der Waals surface area contributed by atoms with E-state index in [1.54, 1.807) is 0 Å². The van der Waals surface area contributed by atoms with E-state index in [2.05, 4.69) is 20.3 Å². The van der Waals surface area contributed by atoms with Gasteiger partial charge in [-0.25, -0.2) is 0 Å². The molecule has 0 aliphatic heterocycles. The fourth-order valence-electron chi connectivity index (χ4n) is 2.23. The third-order valence-corrected chi connectivity index (χ3v) is 3.14. The molecule has 0 aromatic carbocycles. The fourth-order valence-corrected chi connectivity index (χ4v) is 2.23. The summed E-state index contributed by atoms with van der Waals surface area (Å²) < 4.78 is 5.19. The molecule has 0 saturated heterocycles. The van der Waals surface area contributed by atoms with Gasteiger partial charge in [-0.05, 0) is 12.8 Å². The first kappa shape index (κ1) is 10.0. The van der Waals surface area contributed by atoms with Crippen LogP contribution in [-0.2, 0) is 0 Å². The molecule has 2 heterocycles.